The Hall–Kier alpha value is -1.92. The lowest BCUT2D eigenvalue weighted by atomic mass is 10.2. The molecule has 170 valence electrons. The fraction of sp³-hybridized carbons (Fsp3) is 0.368. The minimum atomic E-state index is 0. The average Bonchev–Trinajstić information content (AvgIpc) is 3.35. The smallest absolute Gasteiger partial charge is 0.254 e. The molecule has 1 aromatic carbocycles. The van der Waals surface area contributed by atoms with E-state index in [0.717, 1.165) is 39.2 Å². The average molecular weight is 512 g/mol. The van der Waals surface area contributed by atoms with Crippen LogP contribution in [0.15, 0.2) is 39.6 Å². The van der Waals surface area contributed by atoms with Gasteiger partial charge < -0.3 is 4.90 Å². The Bertz CT molecular complexity index is 1190. The standard InChI is InChI=1S/C19H22ClN9S2.ClH/c1-12-13(2)21-17-22-18(30-11-14-5-7-15(20)8-6-14)24-29(17)16(12)31-19-23-25-26-28(19)10-9-27(3)4;/h5-8H,9-11H2,1-4H3;1H. The van der Waals surface area contributed by atoms with Crippen LogP contribution in [0.2, 0.25) is 5.02 Å². The number of hydrogen-bond acceptors (Lipinski definition) is 9. The van der Waals surface area contributed by atoms with Gasteiger partial charge in [0.05, 0.1) is 6.54 Å². The highest BCUT2D eigenvalue weighted by Crippen LogP contribution is 2.31. The summed E-state index contributed by atoms with van der Waals surface area (Å²) in [4.78, 5) is 11.3. The van der Waals surface area contributed by atoms with Crippen LogP contribution in [0.3, 0.4) is 0 Å². The summed E-state index contributed by atoms with van der Waals surface area (Å²) >= 11 is 9.01. The van der Waals surface area contributed by atoms with Crippen LogP contribution in [-0.4, -0.2) is 65.3 Å². The molecule has 13 heteroatoms. The van der Waals surface area contributed by atoms with E-state index in [1.54, 1.807) is 21.0 Å². The molecule has 0 amide bonds. The van der Waals surface area contributed by atoms with E-state index in [2.05, 4.69) is 30.4 Å². The summed E-state index contributed by atoms with van der Waals surface area (Å²) < 4.78 is 3.58. The van der Waals surface area contributed by atoms with E-state index in [-0.39, 0.29) is 12.4 Å². The van der Waals surface area contributed by atoms with Crippen molar-refractivity contribution in [2.45, 2.75) is 41.5 Å². The highest BCUT2D eigenvalue weighted by molar-refractivity contribution is 7.99. The van der Waals surface area contributed by atoms with Gasteiger partial charge in [0, 0.05) is 28.6 Å². The summed E-state index contributed by atoms with van der Waals surface area (Å²) in [5.74, 6) is 1.31. The Labute approximate surface area is 205 Å². The number of aromatic nitrogens is 8. The Morgan fingerprint density at radius 2 is 1.84 bits per heavy atom. The van der Waals surface area contributed by atoms with Crippen molar-refractivity contribution in [2.24, 2.45) is 0 Å². The van der Waals surface area contributed by atoms with Crippen LogP contribution in [0.25, 0.3) is 5.78 Å². The highest BCUT2D eigenvalue weighted by atomic mass is 35.5. The molecular formula is C19H23Cl2N9S2. The highest BCUT2D eigenvalue weighted by Gasteiger charge is 2.18. The molecule has 9 nitrogen and oxygen atoms in total. The molecule has 0 aliphatic heterocycles. The predicted octanol–water partition coefficient (Wildman–Crippen LogP) is 3.81. The van der Waals surface area contributed by atoms with Crippen LogP contribution >= 0.6 is 47.5 Å². The third kappa shape index (κ3) is 5.70. The third-order valence-corrected chi connectivity index (χ3v) is 6.93. The van der Waals surface area contributed by atoms with Crippen LogP contribution in [0.5, 0.6) is 0 Å². The molecule has 0 aliphatic rings. The summed E-state index contributed by atoms with van der Waals surface area (Å²) in [6.07, 6.45) is 0. The summed E-state index contributed by atoms with van der Waals surface area (Å²) in [5.41, 5.74) is 3.09. The number of fused-ring (bicyclic) bond motifs is 1. The van der Waals surface area contributed by atoms with E-state index in [9.17, 15) is 0 Å². The summed E-state index contributed by atoms with van der Waals surface area (Å²) in [6, 6.07) is 7.79. The topological polar surface area (TPSA) is 89.9 Å². The van der Waals surface area contributed by atoms with E-state index in [4.69, 9.17) is 16.7 Å². The van der Waals surface area contributed by atoms with E-state index in [1.165, 1.54) is 11.8 Å². The Balaban J connectivity index is 0.00000289. The lowest BCUT2D eigenvalue weighted by molar-refractivity contribution is 0.361. The van der Waals surface area contributed by atoms with Crippen LogP contribution in [0.1, 0.15) is 16.8 Å². The first-order chi connectivity index (χ1) is 14.9. The number of benzene rings is 1. The van der Waals surface area contributed by atoms with E-state index < -0.39 is 0 Å². The van der Waals surface area contributed by atoms with Crippen molar-refractivity contribution in [3.8, 4) is 0 Å². The molecule has 0 saturated carbocycles. The molecule has 32 heavy (non-hydrogen) atoms. The van der Waals surface area contributed by atoms with Gasteiger partial charge in [-0.15, -0.1) is 22.6 Å². The zero-order chi connectivity index (χ0) is 22.0. The number of tetrazole rings is 1. The molecule has 0 saturated heterocycles. The number of rotatable bonds is 8. The first-order valence-corrected chi connectivity index (χ1v) is 11.8. The zero-order valence-electron chi connectivity index (χ0n) is 18.1. The van der Waals surface area contributed by atoms with Crippen molar-refractivity contribution >= 4 is 53.3 Å². The fourth-order valence-corrected chi connectivity index (χ4v) is 4.64. The molecule has 3 heterocycles. The van der Waals surface area contributed by atoms with E-state index >= 15 is 0 Å². The van der Waals surface area contributed by atoms with E-state index in [1.807, 2.05) is 52.2 Å². The summed E-state index contributed by atoms with van der Waals surface area (Å²) in [7, 11) is 4.05. The maximum atomic E-state index is 5.97. The molecule has 0 N–H and O–H groups in total. The second-order valence-electron chi connectivity index (χ2n) is 7.24. The molecule has 4 aromatic rings. The zero-order valence-corrected chi connectivity index (χ0v) is 21.3. The van der Waals surface area contributed by atoms with Gasteiger partial charge in [-0.3, -0.25) is 0 Å². The van der Waals surface area contributed by atoms with Crippen molar-refractivity contribution < 1.29 is 0 Å². The first-order valence-electron chi connectivity index (χ1n) is 9.60. The Morgan fingerprint density at radius 3 is 2.56 bits per heavy atom. The second-order valence-corrected chi connectivity index (χ2v) is 9.57. The van der Waals surface area contributed by atoms with Gasteiger partial charge in [0.1, 0.15) is 5.03 Å². The lowest BCUT2D eigenvalue weighted by Crippen LogP contribution is -2.19. The van der Waals surface area contributed by atoms with Gasteiger partial charge in [-0.2, -0.15) is 9.50 Å². The fourth-order valence-electron chi connectivity index (χ4n) is 2.74. The van der Waals surface area contributed by atoms with Gasteiger partial charge in [0.2, 0.25) is 10.3 Å². The number of hydrogen-bond donors (Lipinski definition) is 0. The number of likely N-dealkylation sites (N-methyl/N-ethyl adjacent to an activating group) is 1. The van der Waals surface area contributed by atoms with Crippen molar-refractivity contribution in [3.05, 3.63) is 46.1 Å². The molecule has 4 rings (SSSR count). The summed E-state index contributed by atoms with van der Waals surface area (Å²) in [6.45, 7) is 5.55. The van der Waals surface area contributed by atoms with Crippen LogP contribution in [0.4, 0.5) is 0 Å². The van der Waals surface area contributed by atoms with Gasteiger partial charge in [-0.05, 0) is 67.8 Å². The summed E-state index contributed by atoms with van der Waals surface area (Å²) in [5, 5.41) is 19.9. The normalized spacial score (nSPS) is 11.3. The van der Waals surface area contributed by atoms with Crippen molar-refractivity contribution in [1.82, 2.24) is 44.7 Å². The number of halogens is 2. The molecule has 0 aliphatic carbocycles. The molecular weight excluding hydrogens is 489 g/mol. The maximum absolute atomic E-state index is 5.97. The first kappa shape index (κ1) is 24.7. The van der Waals surface area contributed by atoms with Gasteiger partial charge in [-0.25, -0.2) is 9.67 Å². The number of nitrogens with zero attached hydrogens (tertiary/aromatic N) is 9. The number of thioether (sulfide) groups is 1. The number of aryl methyl sites for hydroxylation is 1. The molecule has 0 atom stereocenters. The minimum Gasteiger partial charge on any atom is -0.308 e. The second kappa shape index (κ2) is 10.8. The van der Waals surface area contributed by atoms with Gasteiger partial charge in [-0.1, -0.05) is 35.5 Å². The van der Waals surface area contributed by atoms with Gasteiger partial charge in [0.15, 0.2) is 0 Å². The lowest BCUT2D eigenvalue weighted by Gasteiger charge is -2.11. The SMILES string of the molecule is Cc1nc2nc(SCc3ccc(Cl)cc3)nn2c(Sc2nnnn2CCN(C)C)c1C.Cl. The molecule has 0 radical (unpaired) electrons. The Morgan fingerprint density at radius 1 is 1.09 bits per heavy atom. The predicted molar refractivity (Wildman–Crippen MR) is 129 cm³/mol. The molecule has 0 bridgehead atoms. The van der Waals surface area contributed by atoms with Crippen LogP contribution < -0.4 is 0 Å². The molecule has 0 fully saturated rings. The van der Waals surface area contributed by atoms with Gasteiger partial charge >= 0.3 is 0 Å². The van der Waals surface area contributed by atoms with Crippen molar-refractivity contribution in [1.29, 1.82) is 0 Å². The van der Waals surface area contributed by atoms with E-state index in [0.29, 0.717) is 22.6 Å². The Kier molecular flexibility index (Phi) is 8.34. The van der Waals surface area contributed by atoms with Crippen molar-refractivity contribution in [2.75, 3.05) is 20.6 Å². The van der Waals surface area contributed by atoms with Crippen molar-refractivity contribution in [3.63, 3.8) is 0 Å². The quantitative estimate of drug-likeness (QED) is 0.258. The molecule has 0 spiro atoms. The van der Waals surface area contributed by atoms with Crippen LogP contribution in [0, 0.1) is 13.8 Å². The molecule has 0 unspecified atom stereocenters. The monoisotopic (exact) mass is 511 g/mol. The third-order valence-electron chi connectivity index (χ3n) is 4.62. The maximum Gasteiger partial charge on any atom is 0.254 e. The van der Waals surface area contributed by atoms with Crippen LogP contribution in [-0.2, 0) is 12.3 Å². The molecule has 3 aromatic heterocycles. The largest absolute Gasteiger partial charge is 0.308 e. The van der Waals surface area contributed by atoms with Gasteiger partial charge in [0.25, 0.3) is 5.78 Å². The minimum absolute atomic E-state index is 0.